The summed E-state index contributed by atoms with van der Waals surface area (Å²) in [5, 5.41) is 4.34. The van der Waals surface area contributed by atoms with E-state index in [0.717, 1.165) is 32.7 Å². The number of aryl methyl sites for hydroxylation is 1. The largest absolute Gasteiger partial charge is 0.289 e. The summed E-state index contributed by atoms with van der Waals surface area (Å²) in [6.07, 6.45) is 0. The number of ketones is 1. The van der Waals surface area contributed by atoms with Gasteiger partial charge in [0, 0.05) is 11.1 Å². The predicted octanol–water partition coefficient (Wildman–Crippen LogP) is 5.53. The van der Waals surface area contributed by atoms with Gasteiger partial charge in [-0.1, -0.05) is 78.9 Å². The van der Waals surface area contributed by atoms with Gasteiger partial charge in [0.1, 0.15) is 0 Å². The van der Waals surface area contributed by atoms with E-state index in [2.05, 4.69) is 19.1 Å². The van der Waals surface area contributed by atoms with Gasteiger partial charge in [0.05, 0.1) is 0 Å². The molecule has 0 fully saturated rings. The van der Waals surface area contributed by atoms with Crippen molar-refractivity contribution in [2.75, 3.05) is 0 Å². The fourth-order valence-corrected chi connectivity index (χ4v) is 3.32. The lowest BCUT2D eigenvalue weighted by Gasteiger charge is -2.14. The average molecular weight is 296 g/mol. The van der Waals surface area contributed by atoms with Gasteiger partial charge in [0.2, 0.25) is 0 Å². The molecule has 4 rings (SSSR count). The molecule has 0 saturated carbocycles. The molecule has 0 aromatic heterocycles. The van der Waals surface area contributed by atoms with E-state index < -0.39 is 0 Å². The van der Waals surface area contributed by atoms with Crippen LogP contribution in [0.15, 0.2) is 78.9 Å². The van der Waals surface area contributed by atoms with Crippen LogP contribution in [0, 0.1) is 6.92 Å². The molecule has 0 N–H and O–H groups in total. The van der Waals surface area contributed by atoms with Crippen LogP contribution in [0.3, 0.4) is 0 Å². The van der Waals surface area contributed by atoms with Gasteiger partial charge in [-0.2, -0.15) is 0 Å². The van der Waals surface area contributed by atoms with Crippen LogP contribution in [-0.4, -0.2) is 5.78 Å². The van der Waals surface area contributed by atoms with Gasteiger partial charge < -0.3 is 0 Å². The first-order chi connectivity index (χ1) is 11.3. The fourth-order valence-electron chi connectivity index (χ4n) is 3.32. The lowest BCUT2D eigenvalue weighted by Crippen LogP contribution is -2.04. The zero-order chi connectivity index (χ0) is 15.8. The molecule has 0 spiro atoms. The zero-order valence-electron chi connectivity index (χ0n) is 12.9. The van der Waals surface area contributed by atoms with E-state index in [1.54, 1.807) is 0 Å². The molecule has 23 heavy (non-hydrogen) atoms. The first kappa shape index (κ1) is 13.7. The summed E-state index contributed by atoms with van der Waals surface area (Å²) in [7, 11) is 0. The van der Waals surface area contributed by atoms with Gasteiger partial charge in [-0.05, 0) is 34.0 Å². The smallest absolute Gasteiger partial charge is 0.194 e. The molecule has 1 nitrogen and oxygen atoms in total. The monoisotopic (exact) mass is 296 g/mol. The number of hydrogen-bond donors (Lipinski definition) is 0. The molecular formula is C22H16O. The van der Waals surface area contributed by atoms with Crippen molar-refractivity contribution in [1.82, 2.24) is 0 Å². The van der Waals surface area contributed by atoms with E-state index in [1.807, 2.05) is 66.7 Å². The van der Waals surface area contributed by atoms with E-state index in [4.69, 9.17) is 0 Å². The summed E-state index contributed by atoms with van der Waals surface area (Å²) in [4.78, 5) is 13.2. The molecule has 4 aromatic rings. The van der Waals surface area contributed by atoms with Crippen LogP contribution >= 0.6 is 0 Å². The highest BCUT2D eigenvalue weighted by Crippen LogP contribution is 2.33. The van der Waals surface area contributed by atoms with Crippen molar-refractivity contribution < 1.29 is 4.79 Å². The second kappa shape index (κ2) is 5.36. The molecule has 0 bridgehead atoms. The molecule has 0 aliphatic rings. The van der Waals surface area contributed by atoms with Crippen LogP contribution in [0.5, 0.6) is 0 Å². The van der Waals surface area contributed by atoms with Crippen LogP contribution < -0.4 is 0 Å². The van der Waals surface area contributed by atoms with E-state index in [-0.39, 0.29) is 5.78 Å². The van der Waals surface area contributed by atoms with Gasteiger partial charge in [-0.15, -0.1) is 0 Å². The van der Waals surface area contributed by atoms with Crippen molar-refractivity contribution in [2.45, 2.75) is 6.92 Å². The second-order valence-electron chi connectivity index (χ2n) is 5.79. The third-order valence-electron chi connectivity index (χ3n) is 4.46. The summed E-state index contributed by atoms with van der Waals surface area (Å²) < 4.78 is 0. The van der Waals surface area contributed by atoms with E-state index in [1.165, 1.54) is 5.56 Å². The number of carbonyl (C=O) groups is 1. The Morgan fingerprint density at radius 3 is 1.57 bits per heavy atom. The maximum absolute atomic E-state index is 13.2. The first-order valence-corrected chi connectivity index (χ1v) is 7.77. The SMILES string of the molecule is Cc1c2ccccc2c(C(=O)c2ccccc2)c2ccccc12. The topological polar surface area (TPSA) is 17.1 Å². The molecule has 0 atom stereocenters. The summed E-state index contributed by atoms with van der Waals surface area (Å²) in [6, 6.07) is 25.9. The number of rotatable bonds is 2. The Hall–Kier alpha value is -2.93. The number of carbonyl (C=O) groups excluding carboxylic acids is 1. The van der Waals surface area contributed by atoms with Crippen LogP contribution in [0.25, 0.3) is 21.5 Å². The Balaban J connectivity index is 2.15. The fraction of sp³-hybridized carbons (Fsp3) is 0.0455. The van der Waals surface area contributed by atoms with Gasteiger partial charge >= 0.3 is 0 Å². The lowest BCUT2D eigenvalue weighted by molar-refractivity contribution is 0.104. The summed E-state index contributed by atoms with van der Waals surface area (Å²) in [5.74, 6) is 0.0815. The van der Waals surface area contributed by atoms with E-state index >= 15 is 0 Å². The van der Waals surface area contributed by atoms with Crippen molar-refractivity contribution in [3.05, 3.63) is 95.6 Å². The minimum Gasteiger partial charge on any atom is -0.289 e. The highest BCUT2D eigenvalue weighted by Gasteiger charge is 2.17. The molecule has 0 aliphatic carbocycles. The van der Waals surface area contributed by atoms with Gasteiger partial charge in [0.25, 0.3) is 0 Å². The molecular weight excluding hydrogens is 280 g/mol. The maximum Gasteiger partial charge on any atom is 0.194 e. The minimum atomic E-state index is 0.0815. The lowest BCUT2D eigenvalue weighted by atomic mass is 9.89. The van der Waals surface area contributed by atoms with Crippen molar-refractivity contribution in [1.29, 1.82) is 0 Å². The van der Waals surface area contributed by atoms with Gasteiger partial charge in [-0.25, -0.2) is 0 Å². The Bertz CT molecular complexity index is 973. The van der Waals surface area contributed by atoms with Crippen LogP contribution in [0.4, 0.5) is 0 Å². The van der Waals surface area contributed by atoms with E-state index in [9.17, 15) is 4.79 Å². The van der Waals surface area contributed by atoms with Crippen LogP contribution in [-0.2, 0) is 0 Å². The molecule has 1 heteroatoms. The van der Waals surface area contributed by atoms with Crippen molar-refractivity contribution in [3.8, 4) is 0 Å². The highest BCUT2D eigenvalue weighted by molar-refractivity contribution is 6.25. The molecule has 0 saturated heterocycles. The second-order valence-corrected chi connectivity index (χ2v) is 5.79. The molecule has 4 aromatic carbocycles. The molecule has 0 heterocycles. The molecule has 110 valence electrons. The average Bonchev–Trinajstić information content (AvgIpc) is 2.63. The third-order valence-corrected chi connectivity index (χ3v) is 4.46. The number of benzene rings is 4. The Kier molecular flexibility index (Phi) is 3.20. The quantitative estimate of drug-likeness (QED) is 0.351. The van der Waals surface area contributed by atoms with Gasteiger partial charge in [0.15, 0.2) is 5.78 Å². The molecule has 0 radical (unpaired) electrons. The van der Waals surface area contributed by atoms with Crippen molar-refractivity contribution in [3.63, 3.8) is 0 Å². The minimum absolute atomic E-state index is 0.0815. The first-order valence-electron chi connectivity index (χ1n) is 7.77. The predicted molar refractivity (Wildman–Crippen MR) is 96.1 cm³/mol. The summed E-state index contributed by atoms with van der Waals surface area (Å²) in [5.41, 5.74) is 2.75. The maximum atomic E-state index is 13.2. The van der Waals surface area contributed by atoms with Crippen molar-refractivity contribution in [2.24, 2.45) is 0 Å². The highest BCUT2D eigenvalue weighted by atomic mass is 16.1. The summed E-state index contributed by atoms with van der Waals surface area (Å²) >= 11 is 0. The number of fused-ring (bicyclic) bond motifs is 2. The van der Waals surface area contributed by atoms with Crippen molar-refractivity contribution >= 4 is 27.3 Å². The standard InChI is InChI=1S/C22H16O/c1-15-17-11-5-7-13-19(17)21(20-14-8-6-12-18(15)20)22(23)16-9-3-2-4-10-16/h2-14H,1H3. The molecule has 0 unspecified atom stereocenters. The molecule has 0 aliphatic heterocycles. The Morgan fingerprint density at radius 2 is 1.04 bits per heavy atom. The Labute approximate surface area is 135 Å². The van der Waals surface area contributed by atoms with Gasteiger partial charge in [-0.3, -0.25) is 4.79 Å². The Morgan fingerprint density at radius 1 is 0.609 bits per heavy atom. The number of hydrogen-bond acceptors (Lipinski definition) is 1. The van der Waals surface area contributed by atoms with E-state index in [0.29, 0.717) is 0 Å². The zero-order valence-corrected chi connectivity index (χ0v) is 12.9. The molecule has 0 amide bonds. The normalized spacial score (nSPS) is 11.0. The third kappa shape index (κ3) is 2.13. The summed E-state index contributed by atoms with van der Waals surface area (Å²) in [6.45, 7) is 2.13. The van der Waals surface area contributed by atoms with Crippen LogP contribution in [0.1, 0.15) is 21.5 Å². The van der Waals surface area contributed by atoms with Crippen LogP contribution in [0.2, 0.25) is 0 Å².